The van der Waals surface area contributed by atoms with Crippen LogP contribution < -0.4 is 0 Å². The molecule has 6 heteroatoms. The molecule has 0 aromatic carbocycles. The summed E-state index contributed by atoms with van der Waals surface area (Å²) in [6, 6.07) is 0. The molecule has 0 heterocycles. The molecule has 0 aromatic heterocycles. The molecule has 0 N–H and O–H groups in total. The van der Waals surface area contributed by atoms with E-state index in [0.29, 0.717) is 12.8 Å². The zero-order chi connectivity index (χ0) is 20.9. The lowest BCUT2D eigenvalue weighted by atomic mass is 9.87. The van der Waals surface area contributed by atoms with Gasteiger partial charge < -0.3 is 19.1 Å². The molecule has 164 valence electrons. The second kappa shape index (κ2) is 13.5. The van der Waals surface area contributed by atoms with E-state index < -0.39 is 0 Å². The van der Waals surface area contributed by atoms with E-state index in [0.717, 1.165) is 96.0 Å². The molecule has 2 saturated carbocycles. The molecule has 0 amide bonds. The Morgan fingerprint density at radius 1 is 0.621 bits per heavy atom. The minimum absolute atomic E-state index is 0.136. The number of rotatable bonds is 12. The van der Waals surface area contributed by atoms with Gasteiger partial charge in [-0.15, -0.1) is 0 Å². The summed E-state index contributed by atoms with van der Waals surface area (Å²) >= 11 is 0. The van der Waals surface area contributed by atoms with Gasteiger partial charge in [-0.3, -0.25) is 9.59 Å². The molecule has 0 aromatic rings. The van der Waals surface area contributed by atoms with E-state index in [1.165, 1.54) is 0 Å². The van der Waals surface area contributed by atoms with Crippen molar-refractivity contribution in [3.05, 3.63) is 0 Å². The summed E-state index contributed by atoms with van der Waals surface area (Å²) in [4.78, 5) is 46.1. The third-order valence-electron chi connectivity index (χ3n) is 6.18. The van der Waals surface area contributed by atoms with Crippen LogP contribution in [0.5, 0.6) is 0 Å². The van der Waals surface area contributed by atoms with Crippen molar-refractivity contribution in [3.8, 4) is 0 Å². The van der Waals surface area contributed by atoms with Gasteiger partial charge in [-0.05, 0) is 51.4 Å². The van der Waals surface area contributed by atoms with Gasteiger partial charge in [0, 0.05) is 12.8 Å². The fourth-order valence-corrected chi connectivity index (χ4v) is 4.38. The lowest BCUT2D eigenvalue weighted by molar-refractivity contribution is -0.155. The van der Waals surface area contributed by atoms with Gasteiger partial charge in [0.25, 0.3) is 0 Å². The topological polar surface area (TPSA) is 86.7 Å². The number of ether oxygens (including phenoxy) is 2. The number of hydrogen-bond donors (Lipinski definition) is 0. The van der Waals surface area contributed by atoms with Crippen molar-refractivity contribution in [3.63, 3.8) is 0 Å². The van der Waals surface area contributed by atoms with Crippen molar-refractivity contribution in [2.75, 3.05) is 0 Å². The zero-order valence-corrected chi connectivity index (χ0v) is 17.5. The van der Waals surface area contributed by atoms with Gasteiger partial charge in [-0.1, -0.05) is 32.1 Å². The maximum atomic E-state index is 12.0. The predicted octanol–water partition coefficient (Wildman–Crippen LogP) is 4.32. The maximum Gasteiger partial charge on any atom is 0.306 e. The van der Waals surface area contributed by atoms with E-state index in [1.807, 2.05) is 0 Å². The van der Waals surface area contributed by atoms with Crippen molar-refractivity contribution in [1.82, 2.24) is 0 Å². The molecule has 6 nitrogen and oxygen atoms in total. The molecule has 2 fully saturated rings. The van der Waals surface area contributed by atoms with Gasteiger partial charge in [0.05, 0.1) is 11.8 Å². The Hall–Kier alpha value is -1.72. The minimum atomic E-state index is -0.234. The molecular weight excluding hydrogens is 372 g/mol. The van der Waals surface area contributed by atoms with E-state index in [4.69, 9.17) is 9.47 Å². The van der Waals surface area contributed by atoms with Crippen LogP contribution >= 0.6 is 0 Å². The van der Waals surface area contributed by atoms with Crippen LogP contribution in [0.1, 0.15) is 96.3 Å². The van der Waals surface area contributed by atoms with Crippen LogP contribution in [-0.2, 0) is 28.7 Å². The lowest BCUT2D eigenvalue weighted by Crippen LogP contribution is -2.31. The van der Waals surface area contributed by atoms with Crippen LogP contribution in [0.4, 0.5) is 0 Å². The third-order valence-corrected chi connectivity index (χ3v) is 6.18. The average Bonchev–Trinajstić information content (AvgIpc) is 2.73. The Morgan fingerprint density at radius 3 is 1.41 bits per heavy atom. The van der Waals surface area contributed by atoms with Crippen molar-refractivity contribution >= 4 is 24.5 Å². The van der Waals surface area contributed by atoms with Gasteiger partial charge in [-0.2, -0.15) is 0 Å². The molecule has 2 aliphatic carbocycles. The summed E-state index contributed by atoms with van der Waals surface area (Å²) < 4.78 is 11.0. The van der Waals surface area contributed by atoms with Gasteiger partial charge in [0.15, 0.2) is 0 Å². The van der Waals surface area contributed by atoms with Crippen LogP contribution in [0.25, 0.3) is 0 Å². The first-order chi connectivity index (χ1) is 14.1. The Labute approximate surface area is 174 Å². The number of carbonyl (C=O) groups excluding carboxylic acids is 4. The number of unbranched alkanes of at least 4 members (excludes halogenated alkanes) is 4. The van der Waals surface area contributed by atoms with Gasteiger partial charge >= 0.3 is 11.9 Å². The average molecular weight is 409 g/mol. The Bertz CT molecular complexity index is 485. The summed E-state index contributed by atoms with van der Waals surface area (Å²) in [5, 5.41) is 0. The minimum Gasteiger partial charge on any atom is -0.462 e. The molecule has 4 atom stereocenters. The molecule has 29 heavy (non-hydrogen) atoms. The van der Waals surface area contributed by atoms with E-state index >= 15 is 0 Å². The SMILES string of the molecule is O=C[C@H]1CCCC[C@@H]1OC(=O)CCCCCCCC(=O)O[C@H]1CCCC[C@@H]1C=O. The Kier molecular flexibility index (Phi) is 11.0. The second-order valence-corrected chi connectivity index (χ2v) is 8.49. The smallest absolute Gasteiger partial charge is 0.306 e. The lowest BCUT2D eigenvalue weighted by Gasteiger charge is -2.27. The highest BCUT2D eigenvalue weighted by atomic mass is 16.5. The van der Waals surface area contributed by atoms with Gasteiger partial charge in [0.1, 0.15) is 24.8 Å². The Balaban J connectivity index is 1.48. The van der Waals surface area contributed by atoms with Gasteiger partial charge in [0.2, 0.25) is 0 Å². The summed E-state index contributed by atoms with van der Waals surface area (Å²) in [5.41, 5.74) is 0. The van der Waals surface area contributed by atoms with Crippen molar-refractivity contribution in [2.45, 2.75) is 109 Å². The zero-order valence-electron chi connectivity index (χ0n) is 17.5. The van der Waals surface area contributed by atoms with E-state index in [9.17, 15) is 19.2 Å². The predicted molar refractivity (Wildman–Crippen MR) is 108 cm³/mol. The van der Waals surface area contributed by atoms with Crippen LogP contribution in [0.15, 0.2) is 0 Å². The molecule has 0 bridgehead atoms. The quantitative estimate of drug-likeness (QED) is 0.271. The fourth-order valence-electron chi connectivity index (χ4n) is 4.38. The Morgan fingerprint density at radius 2 is 1.00 bits per heavy atom. The van der Waals surface area contributed by atoms with Crippen LogP contribution in [0.3, 0.4) is 0 Å². The largest absolute Gasteiger partial charge is 0.462 e. The van der Waals surface area contributed by atoms with Crippen LogP contribution in [0, 0.1) is 11.8 Å². The highest BCUT2D eigenvalue weighted by Crippen LogP contribution is 2.27. The molecule has 0 radical (unpaired) electrons. The number of carbonyl (C=O) groups is 4. The molecule has 0 unspecified atom stereocenters. The molecule has 0 spiro atoms. The van der Waals surface area contributed by atoms with E-state index in [2.05, 4.69) is 0 Å². The summed E-state index contributed by atoms with van der Waals surface area (Å²) in [6.45, 7) is 0. The standard InChI is InChI=1S/C23H36O6/c24-16-18-10-6-8-12-20(18)28-22(26)14-4-2-1-3-5-15-23(27)29-21-13-9-7-11-19(21)17-25/h16-21H,1-15H2/t18-,19-,20+,21+/m1/s1. The van der Waals surface area contributed by atoms with Crippen LogP contribution in [-0.4, -0.2) is 36.7 Å². The summed E-state index contributed by atoms with van der Waals surface area (Å²) in [5.74, 6) is -0.681. The number of hydrogen-bond acceptors (Lipinski definition) is 6. The molecule has 2 rings (SSSR count). The maximum absolute atomic E-state index is 12.0. The first-order valence-electron chi connectivity index (χ1n) is 11.4. The van der Waals surface area contributed by atoms with Crippen molar-refractivity contribution in [2.24, 2.45) is 11.8 Å². The first-order valence-corrected chi connectivity index (χ1v) is 11.4. The number of aldehydes is 2. The van der Waals surface area contributed by atoms with E-state index in [-0.39, 0.29) is 36.0 Å². The summed E-state index contributed by atoms with van der Waals surface area (Å²) in [6.07, 6.45) is 13.8. The number of esters is 2. The monoisotopic (exact) mass is 408 g/mol. The van der Waals surface area contributed by atoms with Gasteiger partial charge in [-0.25, -0.2) is 0 Å². The van der Waals surface area contributed by atoms with Crippen molar-refractivity contribution in [1.29, 1.82) is 0 Å². The summed E-state index contributed by atoms with van der Waals surface area (Å²) in [7, 11) is 0. The molecule has 0 saturated heterocycles. The van der Waals surface area contributed by atoms with Crippen molar-refractivity contribution < 1.29 is 28.7 Å². The second-order valence-electron chi connectivity index (χ2n) is 8.49. The normalized spacial score (nSPS) is 27.0. The molecule has 0 aliphatic heterocycles. The highest BCUT2D eigenvalue weighted by molar-refractivity contribution is 5.70. The molecular formula is C23H36O6. The van der Waals surface area contributed by atoms with E-state index in [1.54, 1.807) is 0 Å². The highest BCUT2D eigenvalue weighted by Gasteiger charge is 2.28. The fraction of sp³-hybridized carbons (Fsp3) is 0.826. The third kappa shape index (κ3) is 8.67. The first kappa shape index (κ1) is 23.6. The molecule has 2 aliphatic rings. The van der Waals surface area contributed by atoms with Crippen LogP contribution in [0.2, 0.25) is 0 Å².